The summed E-state index contributed by atoms with van der Waals surface area (Å²) in [6.45, 7) is -2.74. The van der Waals surface area contributed by atoms with Gasteiger partial charge in [-0.1, -0.05) is 0 Å². The number of alkyl halides is 2. The first-order chi connectivity index (χ1) is 13.6. The molecule has 0 spiro atoms. The van der Waals surface area contributed by atoms with Crippen molar-refractivity contribution in [1.29, 1.82) is 0 Å². The molecule has 12 heteroatoms. The Hall–Kier alpha value is -3.28. The fourth-order valence-corrected chi connectivity index (χ4v) is 2.95. The van der Waals surface area contributed by atoms with Crippen LogP contribution in [0.4, 0.5) is 20.2 Å². The summed E-state index contributed by atoms with van der Waals surface area (Å²) in [5.74, 6) is -0.555. The van der Waals surface area contributed by atoms with Gasteiger partial charge in [-0.25, -0.2) is 8.42 Å². The van der Waals surface area contributed by atoms with Crippen molar-refractivity contribution in [3.8, 4) is 5.75 Å². The zero-order chi connectivity index (χ0) is 21.6. The smallest absolute Gasteiger partial charge is 0.387 e. The highest BCUT2D eigenvalue weighted by Gasteiger charge is 2.18. The van der Waals surface area contributed by atoms with E-state index in [1.807, 2.05) is 0 Å². The molecule has 0 saturated carbocycles. The maximum atomic E-state index is 12.1. The SMILES string of the molecule is CS(=O)(=O)c1ccc(NCCNC(=O)c2ccc(OC(F)F)cc2)c([N+](=O)[O-])c1. The molecule has 9 nitrogen and oxygen atoms in total. The van der Waals surface area contributed by atoms with Crippen LogP contribution >= 0.6 is 0 Å². The maximum absolute atomic E-state index is 12.1. The summed E-state index contributed by atoms with van der Waals surface area (Å²) in [5, 5.41) is 16.5. The van der Waals surface area contributed by atoms with E-state index in [-0.39, 0.29) is 35.0 Å². The molecular formula is C17H17F2N3O6S. The van der Waals surface area contributed by atoms with E-state index in [4.69, 9.17) is 0 Å². The number of sulfone groups is 1. The molecule has 2 aromatic rings. The second-order valence-electron chi connectivity index (χ2n) is 5.79. The first kappa shape index (κ1) is 22.0. The molecule has 0 aliphatic heterocycles. The average molecular weight is 429 g/mol. The number of nitro benzene ring substituents is 1. The Labute approximate surface area is 164 Å². The van der Waals surface area contributed by atoms with Crippen molar-refractivity contribution in [2.45, 2.75) is 11.5 Å². The predicted molar refractivity (Wildman–Crippen MR) is 100 cm³/mol. The van der Waals surface area contributed by atoms with Gasteiger partial charge in [-0.2, -0.15) is 8.78 Å². The highest BCUT2D eigenvalue weighted by atomic mass is 32.2. The van der Waals surface area contributed by atoms with Crippen LogP contribution in [-0.2, 0) is 9.84 Å². The molecule has 29 heavy (non-hydrogen) atoms. The molecule has 156 valence electrons. The van der Waals surface area contributed by atoms with Gasteiger partial charge in [0.1, 0.15) is 11.4 Å². The summed E-state index contributed by atoms with van der Waals surface area (Å²) >= 11 is 0. The van der Waals surface area contributed by atoms with Gasteiger partial charge in [0.05, 0.1) is 9.82 Å². The summed E-state index contributed by atoms with van der Waals surface area (Å²) in [4.78, 5) is 22.3. The number of anilines is 1. The van der Waals surface area contributed by atoms with Crippen molar-refractivity contribution >= 4 is 27.1 Å². The number of benzene rings is 2. The number of hydrogen-bond donors (Lipinski definition) is 2. The summed E-state index contributed by atoms with van der Waals surface area (Å²) in [6.07, 6.45) is 0.945. The van der Waals surface area contributed by atoms with Crippen molar-refractivity contribution in [1.82, 2.24) is 5.32 Å². The van der Waals surface area contributed by atoms with E-state index >= 15 is 0 Å². The zero-order valence-electron chi connectivity index (χ0n) is 15.1. The van der Waals surface area contributed by atoms with Gasteiger partial charge in [0, 0.05) is 31.0 Å². The molecule has 1 amide bonds. The van der Waals surface area contributed by atoms with E-state index < -0.39 is 33.0 Å². The van der Waals surface area contributed by atoms with Gasteiger partial charge in [0.15, 0.2) is 9.84 Å². The Morgan fingerprint density at radius 2 is 1.83 bits per heavy atom. The number of carbonyl (C=O) groups is 1. The first-order valence-corrected chi connectivity index (χ1v) is 10.0. The fourth-order valence-electron chi connectivity index (χ4n) is 2.31. The monoisotopic (exact) mass is 429 g/mol. The molecule has 0 radical (unpaired) electrons. The molecule has 0 aliphatic rings. The number of hydrogen-bond acceptors (Lipinski definition) is 7. The lowest BCUT2D eigenvalue weighted by Crippen LogP contribution is -2.28. The maximum Gasteiger partial charge on any atom is 0.387 e. The number of carbonyl (C=O) groups excluding carboxylic acids is 1. The van der Waals surface area contributed by atoms with Gasteiger partial charge in [-0.15, -0.1) is 0 Å². The number of ether oxygens (including phenoxy) is 1. The Morgan fingerprint density at radius 3 is 2.38 bits per heavy atom. The van der Waals surface area contributed by atoms with Crippen LogP contribution in [0, 0.1) is 10.1 Å². The lowest BCUT2D eigenvalue weighted by molar-refractivity contribution is -0.384. The molecule has 0 atom stereocenters. The normalized spacial score (nSPS) is 11.2. The first-order valence-electron chi connectivity index (χ1n) is 8.13. The van der Waals surface area contributed by atoms with Crippen molar-refractivity contribution in [2.24, 2.45) is 0 Å². The highest BCUT2D eigenvalue weighted by Crippen LogP contribution is 2.27. The van der Waals surface area contributed by atoms with E-state index in [2.05, 4.69) is 15.4 Å². The Balaban J connectivity index is 1.93. The molecule has 2 aromatic carbocycles. The van der Waals surface area contributed by atoms with Crippen LogP contribution in [0.5, 0.6) is 5.75 Å². The quantitative estimate of drug-likeness (QED) is 0.356. The van der Waals surface area contributed by atoms with Gasteiger partial charge >= 0.3 is 6.61 Å². The molecule has 0 unspecified atom stereocenters. The van der Waals surface area contributed by atoms with Crippen LogP contribution < -0.4 is 15.4 Å². The molecule has 0 bridgehead atoms. The van der Waals surface area contributed by atoms with Gasteiger partial charge < -0.3 is 15.4 Å². The molecule has 0 heterocycles. The van der Waals surface area contributed by atoms with E-state index in [0.717, 1.165) is 12.3 Å². The van der Waals surface area contributed by atoms with Crippen LogP contribution in [0.2, 0.25) is 0 Å². The van der Waals surface area contributed by atoms with Crippen molar-refractivity contribution in [2.75, 3.05) is 24.7 Å². The lowest BCUT2D eigenvalue weighted by Gasteiger charge is -2.10. The summed E-state index contributed by atoms with van der Waals surface area (Å²) < 4.78 is 51.4. The minimum Gasteiger partial charge on any atom is -0.435 e. The van der Waals surface area contributed by atoms with Crippen molar-refractivity contribution < 1.29 is 31.7 Å². The van der Waals surface area contributed by atoms with Crippen LogP contribution in [0.1, 0.15) is 10.4 Å². The van der Waals surface area contributed by atoms with E-state index in [0.29, 0.717) is 0 Å². The van der Waals surface area contributed by atoms with Gasteiger partial charge in [-0.3, -0.25) is 14.9 Å². The second-order valence-corrected chi connectivity index (χ2v) is 7.81. The topological polar surface area (TPSA) is 128 Å². The number of rotatable bonds is 9. The molecule has 0 saturated heterocycles. The van der Waals surface area contributed by atoms with E-state index in [1.54, 1.807) is 0 Å². The number of nitro groups is 1. The second kappa shape index (κ2) is 9.28. The fraction of sp³-hybridized carbons (Fsp3) is 0.235. The van der Waals surface area contributed by atoms with Crippen molar-refractivity contribution in [3.05, 3.63) is 58.1 Å². The molecule has 0 aromatic heterocycles. The number of amides is 1. The van der Waals surface area contributed by atoms with Crippen LogP contribution in [0.3, 0.4) is 0 Å². The van der Waals surface area contributed by atoms with Crippen molar-refractivity contribution in [3.63, 3.8) is 0 Å². The standard InChI is InChI=1S/C17H17F2N3O6S/c1-29(26,27)13-6-7-14(15(10-13)22(24)25)20-8-9-21-16(23)11-2-4-12(5-3-11)28-17(18)19/h2-7,10,17,20H,8-9H2,1H3,(H,21,23). The van der Waals surface area contributed by atoms with Gasteiger partial charge in [-0.05, 0) is 36.4 Å². The Bertz CT molecular complexity index is 997. The Kier molecular flexibility index (Phi) is 7.04. The molecule has 2 rings (SSSR count). The minimum atomic E-state index is -3.59. The van der Waals surface area contributed by atoms with Crippen LogP contribution in [0.25, 0.3) is 0 Å². The summed E-state index contributed by atoms with van der Waals surface area (Å²) in [7, 11) is -3.59. The molecular weight excluding hydrogens is 412 g/mol. The minimum absolute atomic E-state index is 0.0805. The number of nitrogens with one attached hydrogen (secondary N) is 2. The average Bonchev–Trinajstić information content (AvgIpc) is 2.64. The van der Waals surface area contributed by atoms with Crippen LogP contribution in [-0.4, -0.2) is 45.2 Å². The lowest BCUT2D eigenvalue weighted by atomic mass is 10.2. The number of halogens is 2. The highest BCUT2D eigenvalue weighted by molar-refractivity contribution is 7.90. The molecule has 2 N–H and O–H groups in total. The Morgan fingerprint density at radius 1 is 1.17 bits per heavy atom. The van der Waals surface area contributed by atoms with E-state index in [9.17, 15) is 32.1 Å². The number of nitrogens with zero attached hydrogens (tertiary/aromatic N) is 1. The van der Waals surface area contributed by atoms with Gasteiger partial charge in [0.25, 0.3) is 11.6 Å². The third-order valence-electron chi connectivity index (χ3n) is 3.66. The third kappa shape index (κ3) is 6.38. The third-order valence-corrected chi connectivity index (χ3v) is 4.77. The van der Waals surface area contributed by atoms with Crippen LogP contribution in [0.15, 0.2) is 47.4 Å². The molecule has 0 fully saturated rings. The molecule has 0 aliphatic carbocycles. The van der Waals surface area contributed by atoms with E-state index in [1.165, 1.54) is 36.4 Å². The summed E-state index contributed by atoms with van der Waals surface area (Å²) in [5.41, 5.74) is -0.0888. The zero-order valence-corrected chi connectivity index (χ0v) is 15.9. The summed E-state index contributed by atoms with van der Waals surface area (Å²) in [6, 6.07) is 8.56. The van der Waals surface area contributed by atoms with Gasteiger partial charge in [0.2, 0.25) is 0 Å². The predicted octanol–water partition coefficient (Wildman–Crippen LogP) is 2.44. The largest absolute Gasteiger partial charge is 0.435 e.